The average molecular weight is 203 g/mol. The zero-order valence-electron chi connectivity index (χ0n) is 8.33. The molecule has 0 radical (unpaired) electrons. The standard InChI is InChI=1S/C9H17NO2S/c1-4-9(6(2)3)10-7(5-13-9)8(11)12/h6-7,10H,4-5H2,1-3H3,(H,11,12)/t7-,9?/m1/s1. The lowest BCUT2D eigenvalue weighted by atomic mass is 10.00. The first-order valence-corrected chi connectivity index (χ1v) is 5.65. The number of rotatable bonds is 3. The van der Waals surface area contributed by atoms with Crippen molar-refractivity contribution < 1.29 is 9.90 Å². The molecule has 0 aromatic carbocycles. The molecule has 0 spiro atoms. The van der Waals surface area contributed by atoms with Gasteiger partial charge in [0, 0.05) is 5.75 Å². The van der Waals surface area contributed by atoms with Crippen molar-refractivity contribution in [2.75, 3.05) is 5.75 Å². The highest BCUT2D eigenvalue weighted by molar-refractivity contribution is 8.01. The van der Waals surface area contributed by atoms with Crippen molar-refractivity contribution in [3.05, 3.63) is 0 Å². The summed E-state index contributed by atoms with van der Waals surface area (Å²) in [6, 6.07) is -0.368. The zero-order valence-corrected chi connectivity index (χ0v) is 9.15. The SMILES string of the molecule is CCC1(C(C)C)N[C@@H](C(=O)O)CS1. The molecule has 4 heteroatoms. The first kappa shape index (κ1) is 10.9. The molecule has 2 atom stereocenters. The molecule has 0 aromatic rings. The lowest BCUT2D eigenvalue weighted by Crippen LogP contribution is -2.47. The van der Waals surface area contributed by atoms with Crippen LogP contribution in [-0.4, -0.2) is 27.7 Å². The summed E-state index contributed by atoms with van der Waals surface area (Å²) in [5, 5.41) is 12.1. The number of thioether (sulfide) groups is 1. The Balaban J connectivity index is 2.68. The van der Waals surface area contributed by atoms with E-state index in [1.54, 1.807) is 11.8 Å². The van der Waals surface area contributed by atoms with E-state index in [4.69, 9.17) is 5.11 Å². The van der Waals surface area contributed by atoms with E-state index in [1.807, 2.05) is 0 Å². The van der Waals surface area contributed by atoms with Crippen LogP contribution in [0.3, 0.4) is 0 Å². The van der Waals surface area contributed by atoms with Gasteiger partial charge in [0.2, 0.25) is 0 Å². The molecular weight excluding hydrogens is 186 g/mol. The van der Waals surface area contributed by atoms with Gasteiger partial charge in [-0.25, -0.2) is 0 Å². The van der Waals surface area contributed by atoms with Gasteiger partial charge in [0.05, 0.1) is 4.87 Å². The Kier molecular flexibility index (Phi) is 3.24. The van der Waals surface area contributed by atoms with Gasteiger partial charge in [0.1, 0.15) is 6.04 Å². The molecule has 0 bridgehead atoms. The first-order valence-electron chi connectivity index (χ1n) is 4.66. The highest BCUT2D eigenvalue weighted by Gasteiger charge is 2.42. The molecule has 1 fully saturated rings. The molecule has 1 rings (SSSR count). The highest BCUT2D eigenvalue weighted by atomic mass is 32.2. The third-order valence-electron chi connectivity index (χ3n) is 2.68. The van der Waals surface area contributed by atoms with Gasteiger partial charge >= 0.3 is 5.97 Å². The number of hydrogen-bond donors (Lipinski definition) is 2. The molecule has 2 N–H and O–H groups in total. The minimum Gasteiger partial charge on any atom is -0.480 e. The first-order chi connectivity index (χ1) is 6.02. The van der Waals surface area contributed by atoms with Crippen LogP contribution in [0.1, 0.15) is 27.2 Å². The second-order valence-corrected chi connectivity index (χ2v) is 5.09. The number of carboxylic acids is 1. The zero-order chi connectivity index (χ0) is 10.1. The van der Waals surface area contributed by atoms with Crippen molar-refractivity contribution in [2.45, 2.75) is 38.1 Å². The van der Waals surface area contributed by atoms with Crippen molar-refractivity contribution in [2.24, 2.45) is 5.92 Å². The van der Waals surface area contributed by atoms with Crippen LogP contribution < -0.4 is 5.32 Å². The Morgan fingerprint density at radius 2 is 2.38 bits per heavy atom. The minimum absolute atomic E-state index is 0.0247. The highest BCUT2D eigenvalue weighted by Crippen LogP contribution is 2.39. The maximum Gasteiger partial charge on any atom is 0.321 e. The Hall–Kier alpha value is -0.220. The molecule has 76 valence electrons. The Morgan fingerprint density at radius 3 is 2.62 bits per heavy atom. The van der Waals surface area contributed by atoms with Gasteiger partial charge in [-0.2, -0.15) is 0 Å². The van der Waals surface area contributed by atoms with Gasteiger partial charge in [-0.05, 0) is 12.3 Å². The summed E-state index contributed by atoms with van der Waals surface area (Å²) < 4.78 is 0. The van der Waals surface area contributed by atoms with Crippen LogP contribution in [0.25, 0.3) is 0 Å². The molecule has 0 aromatic heterocycles. The Morgan fingerprint density at radius 1 is 1.77 bits per heavy atom. The van der Waals surface area contributed by atoms with E-state index in [0.29, 0.717) is 11.7 Å². The molecule has 1 saturated heterocycles. The predicted molar refractivity (Wildman–Crippen MR) is 54.9 cm³/mol. The maximum atomic E-state index is 10.8. The molecular formula is C9H17NO2S. The van der Waals surface area contributed by atoms with Crippen molar-refractivity contribution in [3.8, 4) is 0 Å². The lowest BCUT2D eigenvalue weighted by Gasteiger charge is -2.32. The largest absolute Gasteiger partial charge is 0.480 e. The van der Waals surface area contributed by atoms with Crippen LogP contribution in [0, 0.1) is 5.92 Å². The summed E-state index contributed by atoms with van der Waals surface area (Å²) in [6.45, 7) is 6.37. The fourth-order valence-electron chi connectivity index (χ4n) is 1.69. The second kappa shape index (κ2) is 3.88. The number of hydrogen-bond acceptors (Lipinski definition) is 3. The summed E-state index contributed by atoms with van der Waals surface area (Å²) in [5.74, 6) is 0.414. The van der Waals surface area contributed by atoms with Crippen molar-refractivity contribution in [1.29, 1.82) is 0 Å². The van der Waals surface area contributed by atoms with E-state index in [1.165, 1.54) is 0 Å². The summed E-state index contributed by atoms with van der Waals surface area (Å²) in [4.78, 5) is 10.7. The molecule has 1 aliphatic rings. The van der Waals surface area contributed by atoms with Gasteiger partial charge in [-0.3, -0.25) is 10.1 Å². The normalized spacial score (nSPS) is 34.0. The fraction of sp³-hybridized carbons (Fsp3) is 0.889. The monoisotopic (exact) mass is 203 g/mol. The fourth-order valence-corrected chi connectivity index (χ4v) is 3.14. The van der Waals surface area contributed by atoms with Crippen molar-refractivity contribution in [3.63, 3.8) is 0 Å². The lowest BCUT2D eigenvalue weighted by molar-refractivity contribution is -0.139. The van der Waals surface area contributed by atoms with Crippen LogP contribution in [0.4, 0.5) is 0 Å². The van der Waals surface area contributed by atoms with Gasteiger partial charge in [0.15, 0.2) is 0 Å². The van der Waals surface area contributed by atoms with Gasteiger partial charge in [-0.15, -0.1) is 11.8 Å². The summed E-state index contributed by atoms with van der Waals surface area (Å²) in [7, 11) is 0. The average Bonchev–Trinajstić information content (AvgIpc) is 2.49. The molecule has 1 heterocycles. The number of carboxylic acid groups (broad SMARTS) is 1. The maximum absolute atomic E-state index is 10.8. The number of aliphatic carboxylic acids is 1. The van der Waals surface area contributed by atoms with Gasteiger partial charge < -0.3 is 5.11 Å². The second-order valence-electron chi connectivity index (χ2n) is 3.74. The van der Waals surface area contributed by atoms with Crippen LogP contribution >= 0.6 is 11.8 Å². The van der Waals surface area contributed by atoms with Gasteiger partial charge in [-0.1, -0.05) is 20.8 Å². The van der Waals surface area contributed by atoms with Crippen molar-refractivity contribution in [1.82, 2.24) is 5.32 Å². The molecule has 13 heavy (non-hydrogen) atoms. The van der Waals surface area contributed by atoms with E-state index >= 15 is 0 Å². The van der Waals surface area contributed by atoms with Crippen LogP contribution in [-0.2, 0) is 4.79 Å². The number of nitrogens with one attached hydrogen (secondary N) is 1. The molecule has 0 amide bonds. The minimum atomic E-state index is -0.733. The van der Waals surface area contributed by atoms with E-state index in [0.717, 1.165) is 6.42 Å². The molecule has 3 nitrogen and oxygen atoms in total. The summed E-state index contributed by atoms with van der Waals surface area (Å²) >= 11 is 1.74. The Bertz CT molecular complexity index is 208. The van der Waals surface area contributed by atoms with E-state index < -0.39 is 5.97 Å². The third kappa shape index (κ3) is 1.99. The van der Waals surface area contributed by atoms with Crippen LogP contribution in [0.15, 0.2) is 0 Å². The summed E-state index contributed by atoms with van der Waals surface area (Å²) in [5.41, 5.74) is 0. The third-order valence-corrected chi connectivity index (χ3v) is 4.58. The molecule has 1 unspecified atom stereocenters. The predicted octanol–water partition coefficient (Wildman–Crippen LogP) is 1.54. The molecule has 0 aliphatic carbocycles. The van der Waals surface area contributed by atoms with Crippen LogP contribution in [0.5, 0.6) is 0 Å². The smallest absolute Gasteiger partial charge is 0.321 e. The molecule has 0 saturated carbocycles. The van der Waals surface area contributed by atoms with Gasteiger partial charge in [0.25, 0.3) is 0 Å². The topological polar surface area (TPSA) is 49.3 Å². The van der Waals surface area contributed by atoms with E-state index in [2.05, 4.69) is 26.1 Å². The Labute approximate surface area is 83.3 Å². The van der Waals surface area contributed by atoms with Crippen molar-refractivity contribution >= 4 is 17.7 Å². The summed E-state index contributed by atoms with van der Waals surface area (Å²) in [6.07, 6.45) is 0.971. The quantitative estimate of drug-likeness (QED) is 0.730. The van der Waals surface area contributed by atoms with E-state index in [9.17, 15) is 4.79 Å². The number of carbonyl (C=O) groups is 1. The van der Waals surface area contributed by atoms with Crippen LogP contribution in [0.2, 0.25) is 0 Å². The molecule has 1 aliphatic heterocycles. The van der Waals surface area contributed by atoms with E-state index in [-0.39, 0.29) is 10.9 Å².